The summed E-state index contributed by atoms with van der Waals surface area (Å²) in [6, 6.07) is 6.15. The van der Waals surface area contributed by atoms with E-state index in [1.165, 1.54) is 0 Å². The molecule has 3 N–H and O–H groups in total. The van der Waals surface area contributed by atoms with Crippen LogP contribution in [0.2, 0.25) is 5.02 Å². The second-order valence-electron chi connectivity index (χ2n) is 5.49. The average Bonchev–Trinajstić information content (AvgIpc) is 2.52. The molecular weight excluding hydrogens is 353 g/mol. The highest BCUT2D eigenvalue weighted by Crippen LogP contribution is 2.47. The van der Waals surface area contributed by atoms with Gasteiger partial charge in [0.15, 0.2) is 0 Å². The lowest BCUT2D eigenvalue weighted by atomic mass is 10.1. The zero-order valence-electron chi connectivity index (χ0n) is 14.3. The molecule has 3 atom stereocenters. The van der Waals surface area contributed by atoms with Crippen LogP contribution in [0.15, 0.2) is 24.3 Å². The van der Waals surface area contributed by atoms with Crippen LogP contribution in [0.5, 0.6) is 0 Å². The summed E-state index contributed by atoms with van der Waals surface area (Å²) < 4.78 is 22.7. The molecule has 1 rings (SSSR count). The maximum absolute atomic E-state index is 12.4. The fourth-order valence-corrected chi connectivity index (χ4v) is 4.00. The monoisotopic (exact) mass is 379 g/mol. The predicted molar refractivity (Wildman–Crippen MR) is 95.6 cm³/mol. The summed E-state index contributed by atoms with van der Waals surface area (Å²) in [6.07, 6.45) is -1.28. The topological polar surface area (TPSA) is 88.0 Å². The largest absolute Gasteiger partial charge is 0.391 e. The Morgan fingerprint density at radius 2 is 1.75 bits per heavy atom. The fourth-order valence-electron chi connectivity index (χ4n) is 2.20. The summed E-state index contributed by atoms with van der Waals surface area (Å²) in [5, 5.41) is 13.9. The van der Waals surface area contributed by atoms with Crippen molar-refractivity contribution in [2.45, 2.75) is 38.9 Å². The van der Waals surface area contributed by atoms with E-state index >= 15 is 0 Å². The van der Waals surface area contributed by atoms with Gasteiger partial charge in [-0.3, -0.25) is 4.57 Å². The number of rotatable bonds is 11. The van der Waals surface area contributed by atoms with Crippen LogP contribution in [0.1, 0.15) is 32.4 Å². The summed E-state index contributed by atoms with van der Waals surface area (Å²) in [4.78, 5) is 10.1. The Bertz CT molecular complexity index is 522. The highest BCUT2D eigenvalue weighted by atomic mass is 35.5. The van der Waals surface area contributed by atoms with Crippen LogP contribution in [0.3, 0.4) is 0 Å². The number of hydrogen-bond donors (Lipinski definition) is 3. The SMILES string of the molecule is CCOC(OCC)P(=O)(O)C[C@@H](O)CNC(C)c1ccc(Cl)cc1. The van der Waals surface area contributed by atoms with Crippen molar-refractivity contribution in [1.29, 1.82) is 0 Å². The smallest absolute Gasteiger partial charge is 0.257 e. The summed E-state index contributed by atoms with van der Waals surface area (Å²) >= 11 is 5.85. The first-order chi connectivity index (χ1) is 11.3. The van der Waals surface area contributed by atoms with Crippen LogP contribution in [-0.2, 0) is 14.0 Å². The van der Waals surface area contributed by atoms with Gasteiger partial charge in [-0.25, -0.2) is 0 Å². The maximum atomic E-state index is 12.4. The van der Waals surface area contributed by atoms with E-state index < -0.39 is 19.5 Å². The van der Waals surface area contributed by atoms with Crippen molar-refractivity contribution in [2.75, 3.05) is 25.9 Å². The first kappa shape index (κ1) is 21.6. The molecule has 0 aliphatic heterocycles. The molecule has 0 aliphatic rings. The number of halogens is 1. The molecule has 1 aromatic rings. The molecule has 24 heavy (non-hydrogen) atoms. The number of ether oxygens (including phenoxy) is 2. The summed E-state index contributed by atoms with van der Waals surface area (Å²) in [7, 11) is -3.78. The molecule has 0 fully saturated rings. The Labute approximate surface area is 148 Å². The second kappa shape index (κ2) is 10.5. The molecule has 0 spiro atoms. The van der Waals surface area contributed by atoms with E-state index in [9.17, 15) is 14.6 Å². The number of aliphatic hydroxyl groups is 1. The number of benzene rings is 1. The molecule has 0 amide bonds. The van der Waals surface area contributed by atoms with Gasteiger partial charge >= 0.3 is 0 Å². The number of nitrogens with one attached hydrogen (secondary N) is 1. The molecule has 6 nitrogen and oxygen atoms in total. The molecule has 0 bridgehead atoms. The Hall–Kier alpha value is -0.460. The third-order valence-electron chi connectivity index (χ3n) is 3.45. The molecule has 8 heteroatoms. The molecule has 138 valence electrons. The van der Waals surface area contributed by atoms with Crippen LogP contribution in [0.25, 0.3) is 0 Å². The zero-order chi connectivity index (χ0) is 18.2. The summed E-state index contributed by atoms with van der Waals surface area (Å²) in [6.45, 7) is 6.08. The van der Waals surface area contributed by atoms with Gasteiger partial charge in [-0.1, -0.05) is 23.7 Å². The van der Waals surface area contributed by atoms with E-state index in [0.29, 0.717) is 5.02 Å². The summed E-state index contributed by atoms with van der Waals surface area (Å²) in [5.74, 6) is 0. The quantitative estimate of drug-likeness (QED) is 0.404. The van der Waals surface area contributed by atoms with E-state index in [0.717, 1.165) is 5.56 Å². The van der Waals surface area contributed by atoms with E-state index in [-0.39, 0.29) is 32.0 Å². The second-order valence-corrected chi connectivity index (χ2v) is 8.23. The third kappa shape index (κ3) is 7.19. The molecule has 0 saturated carbocycles. The molecule has 0 heterocycles. The van der Waals surface area contributed by atoms with Gasteiger partial charge < -0.3 is 24.8 Å². The fraction of sp³-hybridized carbons (Fsp3) is 0.625. The summed E-state index contributed by atoms with van der Waals surface area (Å²) in [5.41, 5.74) is 1.01. The van der Waals surface area contributed by atoms with Crippen molar-refractivity contribution < 1.29 is 24.0 Å². The van der Waals surface area contributed by atoms with Crippen molar-refractivity contribution in [2.24, 2.45) is 0 Å². The maximum Gasteiger partial charge on any atom is 0.257 e. The Balaban J connectivity index is 2.53. The van der Waals surface area contributed by atoms with Crippen LogP contribution < -0.4 is 5.32 Å². The number of aliphatic hydroxyl groups excluding tert-OH is 1. The molecular formula is C16H27ClNO5P. The van der Waals surface area contributed by atoms with Crippen LogP contribution in [-0.4, -0.2) is 48.1 Å². The molecule has 0 aliphatic carbocycles. The van der Waals surface area contributed by atoms with Crippen molar-refractivity contribution in [1.82, 2.24) is 5.32 Å². The predicted octanol–water partition coefficient (Wildman–Crippen LogP) is 2.98. The molecule has 0 radical (unpaired) electrons. The minimum Gasteiger partial charge on any atom is -0.391 e. The van der Waals surface area contributed by atoms with Gasteiger partial charge in [0.2, 0.25) is 6.03 Å². The first-order valence-electron chi connectivity index (χ1n) is 8.01. The van der Waals surface area contributed by atoms with Crippen molar-refractivity contribution in [3.8, 4) is 0 Å². The van der Waals surface area contributed by atoms with Gasteiger partial charge in [0.1, 0.15) is 0 Å². The van der Waals surface area contributed by atoms with Crippen molar-refractivity contribution in [3.63, 3.8) is 0 Å². The van der Waals surface area contributed by atoms with Gasteiger partial charge in [-0.15, -0.1) is 0 Å². The minimum absolute atomic E-state index is 0.0235. The molecule has 1 aromatic carbocycles. The lowest BCUT2D eigenvalue weighted by Gasteiger charge is -2.25. The van der Waals surface area contributed by atoms with E-state index in [4.69, 9.17) is 21.1 Å². The first-order valence-corrected chi connectivity index (χ1v) is 10.3. The lowest BCUT2D eigenvalue weighted by Crippen LogP contribution is -2.33. The van der Waals surface area contributed by atoms with Crippen LogP contribution in [0.4, 0.5) is 0 Å². The third-order valence-corrected chi connectivity index (χ3v) is 5.60. The van der Waals surface area contributed by atoms with Gasteiger partial charge in [0.05, 0.1) is 12.3 Å². The highest BCUT2D eigenvalue weighted by molar-refractivity contribution is 7.58. The van der Waals surface area contributed by atoms with Crippen LogP contribution >= 0.6 is 19.0 Å². The van der Waals surface area contributed by atoms with Gasteiger partial charge in [-0.05, 0) is 38.5 Å². The van der Waals surface area contributed by atoms with Crippen molar-refractivity contribution >= 4 is 19.0 Å². The molecule has 2 unspecified atom stereocenters. The van der Waals surface area contributed by atoms with Gasteiger partial charge in [-0.2, -0.15) is 0 Å². The number of hydrogen-bond acceptors (Lipinski definition) is 5. The van der Waals surface area contributed by atoms with Crippen molar-refractivity contribution in [3.05, 3.63) is 34.9 Å². The highest BCUT2D eigenvalue weighted by Gasteiger charge is 2.34. The van der Waals surface area contributed by atoms with E-state index in [1.54, 1.807) is 26.0 Å². The van der Waals surface area contributed by atoms with Gasteiger partial charge in [0, 0.05) is 30.8 Å². The standard InChI is InChI=1S/C16H27ClNO5P/c1-4-22-16(23-5-2)24(20,21)11-15(19)10-18-12(3)13-6-8-14(17)9-7-13/h6-9,12,15-16,18-19H,4-5,10-11H2,1-3H3,(H,20,21)/t12?,15-/m0/s1. The Morgan fingerprint density at radius 3 is 2.25 bits per heavy atom. The zero-order valence-corrected chi connectivity index (χ0v) is 16.0. The Morgan fingerprint density at radius 1 is 1.21 bits per heavy atom. The average molecular weight is 380 g/mol. The Kier molecular flexibility index (Phi) is 9.45. The van der Waals surface area contributed by atoms with E-state index in [1.807, 2.05) is 19.1 Å². The van der Waals surface area contributed by atoms with E-state index in [2.05, 4.69) is 5.32 Å². The normalized spacial score (nSPS) is 16.8. The van der Waals surface area contributed by atoms with Gasteiger partial charge in [0.25, 0.3) is 7.37 Å². The minimum atomic E-state index is -3.78. The lowest BCUT2D eigenvalue weighted by molar-refractivity contribution is -0.0876. The molecule has 0 aromatic heterocycles. The molecule has 0 saturated heterocycles. The van der Waals surface area contributed by atoms with Crippen LogP contribution in [0, 0.1) is 0 Å².